The van der Waals surface area contributed by atoms with Gasteiger partial charge in [-0.05, 0) is 30.4 Å². The molecule has 0 aromatic heterocycles. The highest BCUT2D eigenvalue weighted by atomic mass is 15.1. The van der Waals surface area contributed by atoms with Gasteiger partial charge in [-0.25, -0.2) is 0 Å². The van der Waals surface area contributed by atoms with E-state index in [1.807, 2.05) is 12.1 Å². The fourth-order valence-electron chi connectivity index (χ4n) is 2.73. The molecule has 1 saturated heterocycles. The summed E-state index contributed by atoms with van der Waals surface area (Å²) in [7, 11) is 0. The lowest BCUT2D eigenvalue weighted by Crippen LogP contribution is -2.39. The molecule has 98 valence electrons. The third kappa shape index (κ3) is 3.33. The number of hydrogen-bond donors (Lipinski definition) is 2. The van der Waals surface area contributed by atoms with Gasteiger partial charge in [0.25, 0.3) is 0 Å². The van der Waals surface area contributed by atoms with E-state index in [-0.39, 0.29) is 5.84 Å². The quantitative estimate of drug-likeness (QED) is 0.635. The molecule has 1 aliphatic heterocycles. The van der Waals surface area contributed by atoms with Crippen molar-refractivity contribution in [3.05, 3.63) is 35.4 Å². The molecule has 0 atom stereocenters. The van der Waals surface area contributed by atoms with Crippen LogP contribution in [0.1, 0.15) is 37.8 Å². The molecular formula is C15H23N3. The summed E-state index contributed by atoms with van der Waals surface area (Å²) in [5.74, 6) is 0.139. The van der Waals surface area contributed by atoms with Crippen molar-refractivity contribution in [3.8, 4) is 0 Å². The first-order chi connectivity index (χ1) is 8.46. The van der Waals surface area contributed by atoms with Gasteiger partial charge in [-0.15, -0.1) is 0 Å². The van der Waals surface area contributed by atoms with Crippen LogP contribution in [0.15, 0.2) is 24.3 Å². The van der Waals surface area contributed by atoms with Gasteiger partial charge in [0.1, 0.15) is 5.84 Å². The second-order valence-corrected chi connectivity index (χ2v) is 6.09. The van der Waals surface area contributed by atoms with Gasteiger partial charge in [-0.1, -0.05) is 38.1 Å². The number of piperidine rings is 1. The molecule has 0 aliphatic carbocycles. The van der Waals surface area contributed by atoms with Gasteiger partial charge >= 0.3 is 0 Å². The minimum Gasteiger partial charge on any atom is -0.384 e. The molecule has 3 N–H and O–H groups in total. The van der Waals surface area contributed by atoms with Gasteiger partial charge in [0.05, 0.1) is 0 Å². The Labute approximate surface area is 109 Å². The standard InChI is InChI=1S/C15H23N3/c1-15(2)8-3-9-18(11-15)10-12-4-6-13(7-5-12)14(16)17/h4-7H,3,8-11H2,1-2H3,(H3,16,17). The summed E-state index contributed by atoms with van der Waals surface area (Å²) in [5, 5.41) is 7.38. The number of nitrogens with two attached hydrogens (primary N) is 1. The Kier molecular flexibility index (Phi) is 3.71. The van der Waals surface area contributed by atoms with Crippen LogP contribution < -0.4 is 5.73 Å². The van der Waals surface area contributed by atoms with E-state index >= 15 is 0 Å². The molecule has 1 heterocycles. The van der Waals surface area contributed by atoms with Crippen LogP contribution in [-0.4, -0.2) is 23.8 Å². The van der Waals surface area contributed by atoms with Crippen LogP contribution in [0.25, 0.3) is 0 Å². The maximum atomic E-state index is 7.38. The molecule has 1 aromatic carbocycles. The summed E-state index contributed by atoms with van der Waals surface area (Å²) in [4.78, 5) is 2.52. The van der Waals surface area contributed by atoms with Crippen molar-refractivity contribution in [1.29, 1.82) is 5.41 Å². The maximum absolute atomic E-state index is 7.38. The normalized spacial score (nSPS) is 19.7. The van der Waals surface area contributed by atoms with Crippen LogP contribution in [0.4, 0.5) is 0 Å². The number of amidine groups is 1. The van der Waals surface area contributed by atoms with Crippen molar-refractivity contribution >= 4 is 5.84 Å². The van der Waals surface area contributed by atoms with E-state index in [9.17, 15) is 0 Å². The molecule has 3 heteroatoms. The van der Waals surface area contributed by atoms with Gasteiger partial charge in [-0.3, -0.25) is 10.3 Å². The summed E-state index contributed by atoms with van der Waals surface area (Å²) in [6, 6.07) is 8.04. The van der Waals surface area contributed by atoms with Crippen LogP contribution in [0.2, 0.25) is 0 Å². The molecule has 0 radical (unpaired) electrons. The zero-order valence-corrected chi connectivity index (χ0v) is 11.4. The Morgan fingerprint density at radius 2 is 2.00 bits per heavy atom. The first-order valence-corrected chi connectivity index (χ1v) is 6.62. The predicted octanol–water partition coefficient (Wildman–Crippen LogP) is 2.59. The molecule has 1 fully saturated rings. The molecular weight excluding hydrogens is 222 g/mol. The van der Waals surface area contributed by atoms with Gasteiger partial charge < -0.3 is 5.73 Å². The Morgan fingerprint density at radius 1 is 1.33 bits per heavy atom. The van der Waals surface area contributed by atoms with Gasteiger partial charge in [0, 0.05) is 18.7 Å². The topological polar surface area (TPSA) is 53.1 Å². The molecule has 1 aliphatic rings. The fraction of sp³-hybridized carbons (Fsp3) is 0.533. The second kappa shape index (κ2) is 5.11. The number of hydrogen-bond acceptors (Lipinski definition) is 2. The van der Waals surface area contributed by atoms with E-state index in [0.29, 0.717) is 5.41 Å². The largest absolute Gasteiger partial charge is 0.384 e. The Bertz CT molecular complexity index is 420. The number of benzene rings is 1. The lowest BCUT2D eigenvalue weighted by molar-refractivity contribution is 0.112. The van der Waals surface area contributed by atoms with Gasteiger partial charge in [-0.2, -0.15) is 0 Å². The zero-order chi connectivity index (χ0) is 13.2. The predicted molar refractivity (Wildman–Crippen MR) is 75.8 cm³/mol. The van der Waals surface area contributed by atoms with E-state index in [1.165, 1.54) is 31.5 Å². The van der Waals surface area contributed by atoms with Crippen molar-refractivity contribution in [1.82, 2.24) is 4.90 Å². The number of nitrogen functional groups attached to an aromatic ring is 1. The first kappa shape index (κ1) is 13.1. The monoisotopic (exact) mass is 245 g/mol. The van der Waals surface area contributed by atoms with Gasteiger partial charge in [0.2, 0.25) is 0 Å². The van der Waals surface area contributed by atoms with Crippen LogP contribution in [0.3, 0.4) is 0 Å². The van der Waals surface area contributed by atoms with Crippen LogP contribution in [-0.2, 0) is 6.54 Å². The van der Waals surface area contributed by atoms with Crippen molar-refractivity contribution in [3.63, 3.8) is 0 Å². The van der Waals surface area contributed by atoms with E-state index in [1.54, 1.807) is 0 Å². The number of likely N-dealkylation sites (tertiary alicyclic amines) is 1. The lowest BCUT2D eigenvalue weighted by atomic mass is 9.84. The summed E-state index contributed by atoms with van der Waals surface area (Å²) in [6.07, 6.45) is 2.62. The van der Waals surface area contributed by atoms with Crippen molar-refractivity contribution in [2.24, 2.45) is 11.1 Å². The fourth-order valence-corrected chi connectivity index (χ4v) is 2.73. The second-order valence-electron chi connectivity index (χ2n) is 6.09. The highest BCUT2D eigenvalue weighted by molar-refractivity contribution is 5.94. The van der Waals surface area contributed by atoms with Crippen LogP contribution >= 0.6 is 0 Å². The Hall–Kier alpha value is -1.35. The van der Waals surface area contributed by atoms with Gasteiger partial charge in [0.15, 0.2) is 0 Å². The maximum Gasteiger partial charge on any atom is 0.122 e. The minimum absolute atomic E-state index is 0.139. The lowest BCUT2D eigenvalue weighted by Gasteiger charge is -2.38. The molecule has 0 amide bonds. The zero-order valence-electron chi connectivity index (χ0n) is 11.4. The summed E-state index contributed by atoms with van der Waals surface area (Å²) >= 11 is 0. The van der Waals surface area contributed by atoms with Crippen LogP contribution in [0, 0.1) is 10.8 Å². The number of nitrogens with zero attached hydrogens (tertiary/aromatic N) is 1. The molecule has 0 bridgehead atoms. The molecule has 3 nitrogen and oxygen atoms in total. The Balaban J connectivity index is 1.99. The number of rotatable bonds is 3. The minimum atomic E-state index is 0.139. The third-order valence-electron chi connectivity index (χ3n) is 3.65. The average molecular weight is 245 g/mol. The first-order valence-electron chi connectivity index (χ1n) is 6.62. The summed E-state index contributed by atoms with van der Waals surface area (Å²) < 4.78 is 0. The molecule has 0 saturated carbocycles. The van der Waals surface area contributed by atoms with E-state index < -0.39 is 0 Å². The average Bonchev–Trinajstić information content (AvgIpc) is 2.28. The van der Waals surface area contributed by atoms with Crippen molar-refractivity contribution in [2.75, 3.05) is 13.1 Å². The summed E-state index contributed by atoms with van der Waals surface area (Å²) in [6.45, 7) is 8.05. The molecule has 18 heavy (non-hydrogen) atoms. The molecule has 0 spiro atoms. The highest BCUT2D eigenvalue weighted by Gasteiger charge is 2.25. The van der Waals surface area contributed by atoms with Crippen molar-refractivity contribution in [2.45, 2.75) is 33.2 Å². The van der Waals surface area contributed by atoms with E-state index in [4.69, 9.17) is 11.1 Å². The smallest absolute Gasteiger partial charge is 0.122 e. The number of nitrogens with one attached hydrogen (secondary N) is 1. The third-order valence-corrected chi connectivity index (χ3v) is 3.65. The molecule has 0 unspecified atom stereocenters. The molecule has 2 rings (SSSR count). The van der Waals surface area contributed by atoms with E-state index in [0.717, 1.165) is 12.1 Å². The summed E-state index contributed by atoms with van der Waals surface area (Å²) in [5.41, 5.74) is 8.01. The van der Waals surface area contributed by atoms with Crippen LogP contribution in [0.5, 0.6) is 0 Å². The highest BCUT2D eigenvalue weighted by Crippen LogP contribution is 2.29. The Morgan fingerprint density at radius 3 is 2.56 bits per heavy atom. The van der Waals surface area contributed by atoms with Crippen molar-refractivity contribution < 1.29 is 0 Å². The molecule has 1 aromatic rings. The SMILES string of the molecule is CC1(C)CCCN(Cc2ccc(C(=N)N)cc2)C1. The van der Waals surface area contributed by atoms with E-state index in [2.05, 4.69) is 30.9 Å².